The molecular weight excluding hydrogens is 360 g/mol. The summed E-state index contributed by atoms with van der Waals surface area (Å²) in [6.07, 6.45) is 3.82. The first-order chi connectivity index (χ1) is 13.6. The van der Waals surface area contributed by atoms with Crippen molar-refractivity contribution in [2.45, 2.75) is 64.9 Å². The van der Waals surface area contributed by atoms with Gasteiger partial charge in [0, 0.05) is 24.5 Å². The summed E-state index contributed by atoms with van der Waals surface area (Å²) in [4.78, 5) is 15.2. The number of hydrogen-bond acceptors (Lipinski definition) is 3. The maximum atomic E-state index is 12.8. The van der Waals surface area contributed by atoms with Gasteiger partial charge in [-0.3, -0.25) is 4.79 Å². The van der Waals surface area contributed by atoms with Crippen LogP contribution in [0.5, 0.6) is 5.75 Å². The summed E-state index contributed by atoms with van der Waals surface area (Å²) >= 11 is 0. The Labute approximate surface area is 175 Å². The van der Waals surface area contributed by atoms with E-state index in [-0.39, 0.29) is 11.3 Å². The maximum Gasteiger partial charge on any atom is 0.267 e. The Bertz CT molecular complexity index is 811. The largest absolute Gasteiger partial charge is 0.478 e. The third-order valence-corrected chi connectivity index (χ3v) is 5.49. The molecule has 1 amide bonds. The fraction of sp³-hybridized carbons (Fsp3) is 0.480. The van der Waals surface area contributed by atoms with Gasteiger partial charge >= 0.3 is 0 Å². The number of amides is 1. The fourth-order valence-corrected chi connectivity index (χ4v) is 3.55. The van der Waals surface area contributed by atoms with E-state index in [1.807, 2.05) is 24.3 Å². The molecule has 0 saturated carbocycles. The first-order valence-corrected chi connectivity index (χ1v) is 10.6. The number of rotatable bonds is 5. The summed E-state index contributed by atoms with van der Waals surface area (Å²) in [5, 5.41) is 2.99. The van der Waals surface area contributed by atoms with Gasteiger partial charge in [-0.1, -0.05) is 32.9 Å². The van der Waals surface area contributed by atoms with Crippen molar-refractivity contribution in [1.29, 1.82) is 0 Å². The van der Waals surface area contributed by atoms with E-state index in [2.05, 4.69) is 55.3 Å². The zero-order valence-corrected chi connectivity index (χ0v) is 18.4. The van der Waals surface area contributed by atoms with Crippen molar-refractivity contribution in [2.75, 3.05) is 23.3 Å². The van der Waals surface area contributed by atoms with E-state index in [1.165, 1.54) is 30.5 Å². The predicted molar refractivity (Wildman–Crippen MR) is 121 cm³/mol. The highest BCUT2D eigenvalue weighted by Crippen LogP contribution is 2.27. The van der Waals surface area contributed by atoms with E-state index >= 15 is 0 Å². The molecule has 0 radical (unpaired) electrons. The highest BCUT2D eigenvalue weighted by atomic mass is 16.5. The monoisotopic (exact) mass is 394 g/mol. The second-order valence-electron chi connectivity index (χ2n) is 9.44. The van der Waals surface area contributed by atoms with Crippen molar-refractivity contribution in [3.05, 3.63) is 54.1 Å². The normalized spacial score (nSPS) is 15.1. The summed E-state index contributed by atoms with van der Waals surface area (Å²) in [6, 6.07) is 16.1. The van der Waals surface area contributed by atoms with Crippen LogP contribution in [0.1, 0.15) is 59.4 Å². The van der Waals surface area contributed by atoms with Gasteiger partial charge in [0.15, 0.2) is 5.60 Å². The number of benzene rings is 2. The molecule has 29 heavy (non-hydrogen) atoms. The maximum absolute atomic E-state index is 12.8. The molecule has 1 fully saturated rings. The van der Waals surface area contributed by atoms with Crippen molar-refractivity contribution in [1.82, 2.24) is 0 Å². The van der Waals surface area contributed by atoms with Gasteiger partial charge in [-0.05, 0) is 80.5 Å². The molecule has 4 heteroatoms. The lowest BCUT2D eigenvalue weighted by atomic mass is 9.87. The molecule has 3 rings (SSSR count). The number of anilines is 2. The number of nitrogens with zero attached hydrogens (tertiary/aromatic N) is 1. The Morgan fingerprint density at radius 3 is 2.00 bits per heavy atom. The summed E-state index contributed by atoms with van der Waals surface area (Å²) in [7, 11) is 0. The van der Waals surface area contributed by atoms with Crippen LogP contribution in [0.4, 0.5) is 11.4 Å². The minimum Gasteiger partial charge on any atom is -0.478 e. The minimum atomic E-state index is -0.977. The second-order valence-corrected chi connectivity index (χ2v) is 9.44. The van der Waals surface area contributed by atoms with Crippen molar-refractivity contribution < 1.29 is 9.53 Å². The van der Waals surface area contributed by atoms with Crippen LogP contribution in [0, 0.1) is 0 Å². The lowest BCUT2D eigenvalue weighted by molar-refractivity contribution is -0.128. The van der Waals surface area contributed by atoms with Crippen molar-refractivity contribution >= 4 is 17.3 Å². The van der Waals surface area contributed by atoms with Crippen LogP contribution in [0.25, 0.3) is 0 Å². The van der Waals surface area contributed by atoms with Gasteiger partial charge in [0.1, 0.15) is 5.75 Å². The van der Waals surface area contributed by atoms with Crippen molar-refractivity contribution in [3.8, 4) is 5.75 Å². The zero-order valence-electron chi connectivity index (χ0n) is 18.4. The molecule has 156 valence electrons. The average molecular weight is 395 g/mol. The van der Waals surface area contributed by atoms with Crippen LogP contribution in [0.15, 0.2) is 48.5 Å². The average Bonchev–Trinajstić information content (AvgIpc) is 2.68. The molecule has 1 heterocycles. The predicted octanol–water partition coefficient (Wildman–Crippen LogP) is 5.77. The number of carbonyl (C=O) groups is 1. The molecule has 0 bridgehead atoms. The molecule has 0 atom stereocenters. The Balaban J connectivity index is 1.61. The molecule has 0 spiro atoms. The second kappa shape index (κ2) is 8.48. The van der Waals surface area contributed by atoms with Crippen LogP contribution in [-0.2, 0) is 10.2 Å². The van der Waals surface area contributed by atoms with Gasteiger partial charge in [-0.25, -0.2) is 0 Å². The first-order valence-electron chi connectivity index (χ1n) is 10.6. The summed E-state index contributed by atoms with van der Waals surface area (Å²) in [5.74, 6) is 0.529. The Kier molecular flexibility index (Phi) is 6.21. The highest BCUT2D eigenvalue weighted by Gasteiger charge is 2.30. The third kappa shape index (κ3) is 5.53. The smallest absolute Gasteiger partial charge is 0.267 e. The quantitative estimate of drug-likeness (QED) is 0.700. The topological polar surface area (TPSA) is 41.6 Å². The van der Waals surface area contributed by atoms with Gasteiger partial charge in [0.2, 0.25) is 0 Å². The lowest BCUT2D eigenvalue weighted by Crippen LogP contribution is -2.42. The summed E-state index contributed by atoms with van der Waals surface area (Å²) < 4.78 is 6.00. The molecule has 1 saturated heterocycles. The molecule has 0 unspecified atom stereocenters. The number of nitrogens with one attached hydrogen (secondary N) is 1. The highest BCUT2D eigenvalue weighted by molar-refractivity contribution is 5.97. The van der Waals surface area contributed by atoms with E-state index in [0.717, 1.165) is 18.8 Å². The fourth-order valence-electron chi connectivity index (χ4n) is 3.55. The Morgan fingerprint density at radius 2 is 1.45 bits per heavy atom. The van der Waals surface area contributed by atoms with Crippen LogP contribution in [0.3, 0.4) is 0 Å². The minimum absolute atomic E-state index is 0.0891. The number of ether oxygens (including phenoxy) is 1. The van der Waals surface area contributed by atoms with E-state index in [0.29, 0.717) is 5.75 Å². The van der Waals surface area contributed by atoms with Gasteiger partial charge in [0.05, 0.1) is 0 Å². The first kappa shape index (κ1) is 21.2. The molecule has 0 aliphatic carbocycles. The van der Waals surface area contributed by atoms with Crippen LogP contribution < -0.4 is 15.0 Å². The van der Waals surface area contributed by atoms with Gasteiger partial charge in [-0.2, -0.15) is 0 Å². The van der Waals surface area contributed by atoms with Crippen molar-refractivity contribution in [2.24, 2.45) is 0 Å². The van der Waals surface area contributed by atoms with Gasteiger partial charge in [-0.15, -0.1) is 0 Å². The molecule has 4 nitrogen and oxygen atoms in total. The molecule has 2 aromatic rings. The Hall–Kier alpha value is -2.49. The van der Waals surface area contributed by atoms with E-state index in [1.54, 1.807) is 13.8 Å². The zero-order chi connectivity index (χ0) is 21.1. The molecule has 1 aliphatic heterocycles. The van der Waals surface area contributed by atoms with E-state index in [9.17, 15) is 4.79 Å². The molecule has 0 aromatic heterocycles. The SMILES string of the molecule is CC(C)(Oc1ccc(C(C)(C)C)cc1)C(=O)Nc1ccc(N2CCCCC2)cc1. The van der Waals surface area contributed by atoms with Crippen LogP contribution >= 0.6 is 0 Å². The van der Waals surface area contributed by atoms with Crippen LogP contribution in [0.2, 0.25) is 0 Å². The van der Waals surface area contributed by atoms with Gasteiger partial charge < -0.3 is 15.0 Å². The number of piperidine rings is 1. The van der Waals surface area contributed by atoms with E-state index in [4.69, 9.17) is 4.74 Å². The molecule has 2 aromatic carbocycles. The molecular formula is C25H34N2O2. The number of carbonyl (C=O) groups excluding carboxylic acids is 1. The number of hydrogen-bond donors (Lipinski definition) is 1. The van der Waals surface area contributed by atoms with Crippen LogP contribution in [-0.4, -0.2) is 24.6 Å². The molecule has 1 aliphatic rings. The Morgan fingerprint density at radius 1 is 0.862 bits per heavy atom. The summed E-state index contributed by atoms with van der Waals surface area (Å²) in [5.41, 5.74) is 2.36. The van der Waals surface area contributed by atoms with E-state index < -0.39 is 5.60 Å². The summed E-state index contributed by atoms with van der Waals surface area (Å²) in [6.45, 7) is 12.3. The van der Waals surface area contributed by atoms with Crippen molar-refractivity contribution in [3.63, 3.8) is 0 Å². The lowest BCUT2D eigenvalue weighted by Gasteiger charge is -2.29. The standard InChI is InChI=1S/C25H34N2O2/c1-24(2,3)19-9-15-22(16-10-19)29-25(4,5)23(28)26-20-11-13-21(14-12-20)27-17-7-6-8-18-27/h9-16H,6-8,17-18H2,1-5H3,(H,26,28). The van der Waals surface area contributed by atoms with Gasteiger partial charge in [0.25, 0.3) is 5.91 Å². The third-order valence-electron chi connectivity index (χ3n) is 5.49. The molecule has 1 N–H and O–H groups in total.